The number of nitrogens with one attached hydrogen (secondary N) is 1. The highest BCUT2D eigenvalue weighted by Crippen LogP contribution is 2.36. The Kier molecular flexibility index (Phi) is 7.12. The number of esters is 1. The summed E-state index contributed by atoms with van der Waals surface area (Å²) in [7, 11) is 0. The summed E-state index contributed by atoms with van der Waals surface area (Å²) < 4.78 is 24.2. The van der Waals surface area contributed by atoms with Crippen LogP contribution in [-0.4, -0.2) is 31.1 Å². The first kappa shape index (κ1) is 19.9. The Labute approximate surface area is 152 Å². The number of ether oxygens (including phenoxy) is 2. The monoisotopic (exact) mass is 365 g/mol. The first-order valence-corrected chi connectivity index (χ1v) is 8.87. The lowest BCUT2D eigenvalue weighted by Crippen LogP contribution is -2.43. The van der Waals surface area contributed by atoms with Gasteiger partial charge in [-0.05, 0) is 32.8 Å². The molecule has 0 saturated heterocycles. The van der Waals surface area contributed by atoms with Gasteiger partial charge in [0.15, 0.2) is 5.78 Å². The number of alkyl carbamates (subject to hydrolysis) is 1. The molecule has 2 rings (SSSR count). The molecule has 0 radical (unpaired) electrons. The fourth-order valence-electron chi connectivity index (χ4n) is 3.31. The Morgan fingerprint density at radius 1 is 1.19 bits per heavy atom. The third-order valence-corrected chi connectivity index (χ3v) is 4.48. The van der Waals surface area contributed by atoms with Crippen LogP contribution in [0, 0.1) is 17.7 Å². The second-order valence-corrected chi connectivity index (χ2v) is 6.11. The van der Waals surface area contributed by atoms with Gasteiger partial charge in [0, 0.05) is 11.5 Å². The van der Waals surface area contributed by atoms with Gasteiger partial charge in [0.2, 0.25) is 0 Å². The molecule has 0 spiro atoms. The van der Waals surface area contributed by atoms with Crippen LogP contribution in [0.5, 0.6) is 0 Å². The van der Waals surface area contributed by atoms with E-state index in [9.17, 15) is 18.8 Å². The van der Waals surface area contributed by atoms with Crippen molar-refractivity contribution in [3.8, 4) is 0 Å². The van der Waals surface area contributed by atoms with Crippen LogP contribution >= 0.6 is 0 Å². The van der Waals surface area contributed by atoms with Crippen molar-refractivity contribution >= 4 is 17.8 Å². The molecule has 1 aliphatic carbocycles. The van der Waals surface area contributed by atoms with E-state index >= 15 is 0 Å². The molecule has 0 unspecified atom stereocenters. The number of halogens is 1. The summed E-state index contributed by atoms with van der Waals surface area (Å²) >= 11 is 0. The zero-order valence-corrected chi connectivity index (χ0v) is 15.0. The zero-order valence-electron chi connectivity index (χ0n) is 15.0. The molecule has 1 aromatic carbocycles. The first-order valence-electron chi connectivity index (χ1n) is 8.87. The average Bonchev–Trinajstić information content (AvgIpc) is 2.61. The Morgan fingerprint density at radius 2 is 1.88 bits per heavy atom. The molecule has 3 atom stereocenters. The fourth-order valence-corrected chi connectivity index (χ4v) is 3.31. The van der Waals surface area contributed by atoms with E-state index in [1.807, 2.05) is 0 Å². The van der Waals surface area contributed by atoms with E-state index in [0.29, 0.717) is 19.3 Å². The molecule has 1 aromatic rings. The maximum absolute atomic E-state index is 14.3. The fraction of sp³-hybridized carbons (Fsp3) is 0.526. The number of carbonyl (C=O) groups excluding carboxylic acids is 3. The Bertz CT molecular complexity index is 663. The molecule has 7 heteroatoms. The number of carbonyl (C=O) groups is 3. The van der Waals surface area contributed by atoms with E-state index < -0.39 is 35.8 Å². The largest absolute Gasteiger partial charge is 0.465 e. The lowest BCUT2D eigenvalue weighted by Gasteiger charge is -2.33. The van der Waals surface area contributed by atoms with E-state index in [-0.39, 0.29) is 24.6 Å². The van der Waals surface area contributed by atoms with Gasteiger partial charge in [-0.1, -0.05) is 24.6 Å². The summed E-state index contributed by atoms with van der Waals surface area (Å²) in [4.78, 5) is 36.9. The predicted octanol–water partition coefficient (Wildman–Crippen LogP) is 3.16. The Hall–Kier alpha value is -2.44. The molecule has 1 aliphatic rings. The number of hydrogen-bond donors (Lipinski definition) is 1. The summed E-state index contributed by atoms with van der Waals surface area (Å²) in [6, 6.07) is 5.05. The minimum atomic E-state index is -0.903. The van der Waals surface area contributed by atoms with E-state index in [0.717, 1.165) is 0 Å². The van der Waals surface area contributed by atoms with Gasteiger partial charge >= 0.3 is 12.1 Å². The number of Topliss-reactive ketones (excluding diaryl/α,β-unsaturated/α-hetero) is 1. The summed E-state index contributed by atoms with van der Waals surface area (Å²) in [6.45, 7) is 3.67. The second kappa shape index (κ2) is 9.31. The third-order valence-electron chi connectivity index (χ3n) is 4.48. The quantitative estimate of drug-likeness (QED) is 0.619. The summed E-state index contributed by atoms with van der Waals surface area (Å²) in [5.74, 6) is -3.03. The highest BCUT2D eigenvalue weighted by molar-refractivity contribution is 6.01. The molecule has 26 heavy (non-hydrogen) atoms. The molecule has 1 N–H and O–H groups in total. The van der Waals surface area contributed by atoms with Crippen LogP contribution in [0.25, 0.3) is 0 Å². The van der Waals surface area contributed by atoms with E-state index in [1.54, 1.807) is 19.9 Å². The van der Waals surface area contributed by atoms with Crippen LogP contribution in [0.15, 0.2) is 24.3 Å². The van der Waals surface area contributed by atoms with Crippen LogP contribution in [0.1, 0.15) is 44.7 Å². The lowest BCUT2D eigenvalue weighted by atomic mass is 9.74. The van der Waals surface area contributed by atoms with Crippen LogP contribution < -0.4 is 5.32 Å². The van der Waals surface area contributed by atoms with Crippen LogP contribution in [0.3, 0.4) is 0 Å². The highest BCUT2D eigenvalue weighted by atomic mass is 19.1. The van der Waals surface area contributed by atoms with Crippen molar-refractivity contribution in [2.45, 2.75) is 39.2 Å². The molecule has 1 saturated carbocycles. The average molecular weight is 365 g/mol. The molecule has 1 amide bonds. The van der Waals surface area contributed by atoms with E-state index in [2.05, 4.69) is 5.32 Å². The topological polar surface area (TPSA) is 81.7 Å². The van der Waals surface area contributed by atoms with Gasteiger partial charge in [-0.3, -0.25) is 9.59 Å². The van der Waals surface area contributed by atoms with Gasteiger partial charge in [0.1, 0.15) is 11.7 Å². The molecular formula is C19H24FNO5. The van der Waals surface area contributed by atoms with Crippen molar-refractivity contribution in [2.75, 3.05) is 13.2 Å². The van der Waals surface area contributed by atoms with Crippen LogP contribution in [0.2, 0.25) is 0 Å². The van der Waals surface area contributed by atoms with Crippen molar-refractivity contribution in [3.63, 3.8) is 0 Å². The number of rotatable bonds is 6. The van der Waals surface area contributed by atoms with Crippen molar-refractivity contribution in [2.24, 2.45) is 11.8 Å². The number of benzene rings is 1. The van der Waals surface area contributed by atoms with Gasteiger partial charge in [-0.25, -0.2) is 9.18 Å². The third kappa shape index (κ3) is 4.59. The Balaban J connectivity index is 2.31. The minimum Gasteiger partial charge on any atom is -0.465 e. The van der Waals surface area contributed by atoms with Crippen LogP contribution in [0.4, 0.5) is 9.18 Å². The first-order chi connectivity index (χ1) is 12.5. The lowest BCUT2D eigenvalue weighted by molar-refractivity contribution is -0.154. The number of amides is 1. The van der Waals surface area contributed by atoms with Gasteiger partial charge in [0.25, 0.3) is 0 Å². The molecular weight excluding hydrogens is 341 g/mol. The van der Waals surface area contributed by atoms with Gasteiger partial charge in [-0.2, -0.15) is 0 Å². The smallest absolute Gasteiger partial charge is 0.407 e. The second-order valence-electron chi connectivity index (χ2n) is 6.11. The predicted molar refractivity (Wildman–Crippen MR) is 91.8 cm³/mol. The van der Waals surface area contributed by atoms with Crippen molar-refractivity contribution in [3.05, 3.63) is 35.6 Å². The molecule has 0 aromatic heterocycles. The molecule has 0 heterocycles. The molecule has 0 aliphatic heterocycles. The summed E-state index contributed by atoms with van der Waals surface area (Å²) in [5, 5.41) is 2.59. The molecule has 0 bridgehead atoms. The minimum absolute atomic E-state index is 0.153. The van der Waals surface area contributed by atoms with Crippen LogP contribution in [-0.2, 0) is 19.1 Å². The van der Waals surface area contributed by atoms with Crippen molar-refractivity contribution < 1.29 is 28.2 Å². The number of hydrogen-bond acceptors (Lipinski definition) is 5. The van der Waals surface area contributed by atoms with E-state index in [1.165, 1.54) is 18.2 Å². The van der Waals surface area contributed by atoms with Crippen molar-refractivity contribution in [1.82, 2.24) is 5.32 Å². The van der Waals surface area contributed by atoms with Crippen molar-refractivity contribution in [1.29, 1.82) is 0 Å². The Morgan fingerprint density at radius 3 is 2.54 bits per heavy atom. The molecule has 6 nitrogen and oxygen atoms in total. The molecule has 1 fully saturated rings. The molecule has 142 valence electrons. The van der Waals surface area contributed by atoms with Gasteiger partial charge in [-0.15, -0.1) is 0 Å². The highest BCUT2D eigenvalue weighted by Gasteiger charge is 2.42. The maximum atomic E-state index is 14.3. The summed E-state index contributed by atoms with van der Waals surface area (Å²) in [5.41, 5.74) is 0.198. The SMILES string of the molecule is CCOC(=O)N[C@@H](c1ccccc1F)[C@H]1CCC[C@@H](C(=O)OCC)C1=O. The van der Waals surface area contributed by atoms with Gasteiger partial charge < -0.3 is 14.8 Å². The number of ketones is 1. The normalized spacial score (nSPS) is 21.0. The standard InChI is InChI=1S/C19H24FNO5/c1-3-25-18(23)14-10-7-9-13(17(14)22)16(21-19(24)26-4-2)12-8-5-6-11-15(12)20/h5-6,8,11,13-14,16H,3-4,7,9-10H2,1-2H3,(H,21,24)/t13-,14-,16+/m1/s1. The van der Waals surface area contributed by atoms with E-state index in [4.69, 9.17) is 9.47 Å². The zero-order chi connectivity index (χ0) is 19.1. The summed E-state index contributed by atoms with van der Waals surface area (Å²) in [6.07, 6.45) is 0.722. The maximum Gasteiger partial charge on any atom is 0.407 e. The van der Waals surface area contributed by atoms with Gasteiger partial charge in [0.05, 0.1) is 19.3 Å².